The number of nitrogens with one attached hydrogen (secondary N) is 3. The molecular formula is C15H20N4O2. The van der Waals surface area contributed by atoms with E-state index < -0.39 is 0 Å². The first-order chi connectivity index (χ1) is 10.2. The Bertz CT molecular complexity index is 652. The van der Waals surface area contributed by atoms with Gasteiger partial charge in [-0.3, -0.25) is 4.79 Å². The number of H-pyrrole nitrogens is 1. The second-order valence-electron chi connectivity index (χ2n) is 5.35. The number of imidazole rings is 1. The van der Waals surface area contributed by atoms with Crippen LogP contribution in [0.3, 0.4) is 0 Å². The fourth-order valence-electron chi connectivity index (χ4n) is 2.73. The smallest absolute Gasteiger partial charge is 0.231 e. The lowest BCUT2D eigenvalue weighted by Crippen LogP contribution is -2.41. The van der Waals surface area contributed by atoms with Gasteiger partial charge in [0.2, 0.25) is 5.91 Å². The molecule has 1 aromatic heterocycles. The van der Waals surface area contributed by atoms with E-state index in [0.29, 0.717) is 13.2 Å². The van der Waals surface area contributed by atoms with E-state index in [0.717, 1.165) is 29.1 Å². The Balaban J connectivity index is 1.73. The summed E-state index contributed by atoms with van der Waals surface area (Å²) in [6.07, 6.45) is 0. The summed E-state index contributed by atoms with van der Waals surface area (Å²) in [6.45, 7) is 5.83. The second kappa shape index (κ2) is 5.83. The van der Waals surface area contributed by atoms with E-state index in [1.165, 1.54) is 0 Å². The van der Waals surface area contributed by atoms with Gasteiger partial charge in [-0.1, -0.05) is 6.92 Å². The van der Waals surface area contributed by atoms with E-state index in [4.69, 9.17) is 4.74 Å². The fourth-order valence-corrected chi connectivity index (χ4v) is 2.73. The van der Waals surface area contributed by atoms with Gasteiger partial charge in [0.15, 0.2) is 0 Å². The van der Waals surface area contributed by atoms with Crippen molar-refractivity contribution in [3.63, 3.8) is 0 Å². The molecule has 2 aromatic rings. The molecule has 1 saturated heterocycles. The van der Waals surface area contributed by atoms with Crippen LogP contribution < -0.4 is 10.6 Å². The van der Waals surface area contributed by atoms with Crippen LogP contribution >= 0.6 is 0 Å². The van der Waals surface area contributed by atoms with Crippen LogP contribution in [0.4, 0.5) is 5.69 Å². The first-order valence-corrected chi connectivity index (χ1v) is 7.25. The molecule has 112 valence electrons. The molecule has 0 spiro atoms. The highest BCUT2D eigenvalue weighted by Crippen LogP contribution is 2.20. The molecule has 3 N–H and O–H groups in total. The third-order valence-corrected chi connectivity index (χ3v) is 3.75. The minimum Gasteiger partial charge on any atom is -0.379 e. The molecule has 1 amide bonds. The number of hydrogen-bond acceptors (Lipinski definition) is 4. The summed E-state index contributed by atoms with van der Waals surface area (Å²) < 4.78 is 5.42. The summed E-state index contributed by atoms with van der Waals surface area (Å²) in [6, 6.07) is 5.78. The maximum atomic E-state index is 12.4. The van der Waals surface area contributed by atoms with Crippen molar-refractivity contribution in [1.82, 2.24) is 15.3 Å². The zero-order valence-electron chi connectivity index (χ0n) is 12.3. The number of anilines is 1. The lowest BCUT2D eigenvalue weighted by Gasteiger charge is -2.17. The largest absolute Gasteiger partial charge is 0.379 e. The lowest BCUT2D eigenvalue weighted by atomic mass is 10.0. The first kappa shape index (κ1) is 14.0. The number of ether oxygens (including phenoxy) is 1. The summed E-state index contributed by atoms with van der Waals surface area (Å²) in [5.41, 5.74) is 2.61. The predicted molar refractivity (Wildman–Crippen MR) is 81.2 cm³/mol. The average Bonchev–Trinajstić information content (AvgIpc) is 3.04. The second-order valence-corrected chi connectivity index (χ2v) is 5.35. The third-order valence-electron chi connectivity index (χ3n) is 3.75. The molecule has 0 aliphatic carbocycles. The Morgan fingerprint density at radius 1 is 1.48 bits per heavy atom. The summed E-state index contributed by atoms with van der Waals surface area (Å²) in [5.74, 6) is 0.711. The van der Waals surface area contributed by atoms with Gasteiger partial charge in [-0.25, -0.2) is 4.98 Å². The van der Waals surface area contributed by atoms with Crippen molar-refractivity contribution in [1.29, 1.82) is 0 Å². The van der Waals surface area contributed by atoms with Gasteiger partial charge >= 0.3 is 0 Å². The number of likely N-dealkylation sites (N-methyl/N-ethyl adjacent to an activating group) is 1. The number of nitrogens with zero attached hydrogens (tertiary/aromatic N) is 1. The Morgan fingerprint density at radius 2 is 2.33 bits per heavy atom. The fraction of sp³-hybridized carbons (Fsp3) is 0.467. The topological polar surface area (TPSA) is 79.0 Å². The van der Waals surface area contributed by atoms with Gasteiger partial charge in [-0.05, 0) is 31.7 Å². The first-order valence-electron chi connectivity index (χ1n) is 7.25. The zero-order chi connectivity index (χ0) is 14.8. The van der Waals surface area contributed by atoms with Gasteiger partial charge in [0.05, 0.1) is 30.2 Å². The number of rotatable bonds is 4. The Hall–Kier alpha value is -1.92. The molecule has 2 unspecified atom stereocenters. The highest BCUT2D eigenvalue weighted by molar-refractivity contribution is 5.95. The number of aromatic nitrogens is 2. The Labute approximate surface area is 123 Å². The number of carbonyl (C=O) groups excluding carboxylic acids is 1. The molecule has 1 aromatic carbocycles. The van der Waals surface area contributed by atoms with Crippen LogP contribution in [0.1, 0.15) is 12.7 Å². The van der Waals surface area contributed by atoms with Crippen molar-refractivity contribution in [2.75, 3.05) is 25.1 Å². The van der Waals surface area contributed by atoms with E-state index in [-0.39, 0.29) is 17.9 Å². The van der Waals surface area contributed by atoms with Crippen LogP contribution in [-0.2, 0) is 9.53 Å². The van der Waals surface area contributed by atoms with Gasteiger partial charge in [0.1, 0.15) is 5.82 Å². The van der Waals surface area contributed by atoms with Crippen molar-refractivity contribution in [2.45, 2.75) is 19.9 Å². The minimum absolute atomic E-state index is 0.00552. The van der Waals surface area contributed by atoms with E-state index in [1.54, 1.807) is 0 Å². The van der Waals surface area contributed by atoms with Crippen LogP contribution in [0.5, 0.6) is 0 Å². The standard InChI is InChI=1S/C15H20N4O2/c1-3-16-14-8-21-7-11(14)15(20)19-10-4-5-12-13(6-10)18-9(2)17-12/h4-6,11,14,16H,3,7-8H2,1-2H3,(H,17,18)(H,19,20). The monoisotopic (exact) mass is 288 g/mol. The quantitative estimate of drug-likeness (QED) is 0.795. The normalized spacial score (nSPS) is 21.8. The van der Waals surface area contributed by atoms with Crippen LogP contribution in [0.2, 0.25) is 0 Å². The summed E-state index contributed by atoms with van der Waals surface area (Å²) in [7, 11) is 0. The highest BCUT2D eigenvalue weighted by Gasteiger charge is 2.33. The number of aromatic amines is 1. The zero-order valence-corrected chi connectivity index (χ0v) is 12.3. The Morgan fingerprint density at radius 3 is 3.14 bits per heavy atom. The molecule has 1 aliphatic rings. The molecule has 2 heterocycles. The molecule has 1 aliphatic heterocycles. The molecule has 1 fully saturated rings. The molecule has 0 radical (unpaired) electrons. The van der Waals surface area contributed by atoms with E-state index >= 15 is 0 Å². The van der Waals surface area contributed by atoms with Crippen molar-refractivity contribution >= 4 is 22.6 Å². The number of amides is 1. The maximum absolute atomic E-state index is 12.4. The van der Waals surface area contributed by atoms with Gasteiger partial charge in [0, 0.05) is 11.7 Å². The average molecular weight is 288 g/mol. The van der Waals surface area contributed by atoms with Crippen LogP contribution in [-0.4, -0.2) is 41.7 Å². The summed E-state index contributed by atoms with van der Waals surface area (Å²) in [5, 5.41) is 6.26. The maximum Gasteiger partial charge on any atom is 0.231 e. The molecule has 2 atom stereocenters. The molecule has 21 heavy (non-hydrogen) atoms. The van der Waals surface area contributed by atoms with Gasteiger partial charge < -0.3 is 20.4 Å². The van der Waals surface area contributed by atoms with Crippen molar-refractivity contribution in [3.8, 4) is 0 Å². The van der Waals surface area contributed by atoms with Crippen molar-refractivity contribution in [3.05, 3.63) is 24.0 Å². The van der Waals surface area contributed by atoms with E-state index in [9.17, 15) is 4.79 Å². The van der Waals surface area contributed by atoms with Gasteiger partial charge in [-0.2, -0.15) is 0 Å². The molecule has 0 bridgehead atoms. The number of aryl methyl sites for hydroxylation is 1. The summed E-state index contributed by atoms with van der Waals surface area (Å²) in [4.78, 5) is 19.9. The van der Waals surface area contributed by atoms with Crippen molar-refractivity contribution < 1.29 is 9.53 Å². The van der Waals surface area contributed by atoms with Gasteiger partial charge in [-0.15, -0.1) is 0 Å². The Kier molecular flexibility index (Phi) is 3.90. The van der Waals surface area contributed by atoms with Crippen LogP contribution in [0.25, 0.3) is 11.0 Å². The number of hydrogen-bond donors (Lipinski definition) is 3. The predicted octanol–water partition coefficient (Wildman–Crippen LogP) is 1.43. The van der Waals surface area contributed by atoms with Crippen LogP contribution in [0, 0.1) is 12.8 Å². The lowest BCUT2D eigenvalue weighted by molar-refractivity contribution is -0.120. The molecule has 0 saturated carbocycles. The number of benzene rings is 1. The van der Waals surface area contributed by atoms with Gasteiger partial charge in [0.25, 0.3) is 0 Å². The number of carbonyl (C=O) groups is 1. The number of fused-ring (bicyclic) bond motifs is 1. The molecule has 6 nitrogen and oxygen atoms in total. The van der Waals surface area contributed by atoms with E-state index in [2.05, 4.69) is 20.6 Å². The van der Waals surface area contributed by atoms with E-state index in [1.807, 2.05) is 32.0 Å². The molecule has 3 rings (SSSR count). The SMILES string of the molecule is CCNC1COCC1C(=O)Nc1ccc2nc(C)[nH]c2c1. The minimum atomic E-state index is -0.149. The van der Waals surface area contributed by atoms with Crippen LogP contribution in [0.15, 0.2) is 18.2 Å². The highest BCUT2D eigenvalue weighted by atomic mass is 16.5. The van der Waals surface area contributed by atoms with Crippen molar-refractivity contribution in [2.24, 2.45) is 5.92 Å². The summed E-state index contributed by atoms with van der Waals surface area (Å²) >= 11 is 0. The third kappa shape index (κ3) is 2.91. The molecule has 6 heteroatoms. The molecular weight excluding hydrogens is 268 g/mol.